The molecule has 140 valence electrons. The van der Waals surface area contributed by atoms with Gasteiger partial charge in [0.15, 0.2) is 11.5 Å². The normalized spacial score (nSPS) is 10.5. The fraction of sp³-hybridized carbons (Fsp3) is 0.263. The maximum atomic E-state index is 13.0. The third-order valence-corrected chi connectivity index (χ3v) is 4.20. The lowest BCUT2D eigenvalue weighted by molar-refractivity contribution is 0.0752. The number of ether oxygens (including phenoxy) is 2. The summed E-state index contributed by atoms with van der Waals surface area (Å²) in [5, 5.41) is 11.1. The standard InChI is InChI=1S/C19H21N5O3/c1-4-23(12-14-8-9-17(26-2)18(10-14)27-3)19(25)15-6-5-7-16(11-15)24-13-20-21-22-24/h5-11,13H,4,12H2,1-3H3. The molecular formula is C19H21N5O3. The van der Waals surface area contributed by atoms with Crippen LogP contribution in [-0.2, 0) is 6.54 Å². The molecule has 0 spiro atoms. The predicted octanol–water partition coefficient (Wildman–Crippen LogP) is 2.34. The van der Waals surface area contributed by atoms with Crippen molar-refractivity contribution in [2.24, 2.45) is 0 Å². The van der Waals surface area contributed by atoms with Crippen molar-refractivity contribution in [1.29, 1.82) is 0 Å². The highest BCUT2D eigenvalue weighted by Gasteiger charge is 2.16. The molecule has 8 heteroatoms. The molecule has 0 atom stereocenters. The average Bonchev–Trinajstić information content (AvgIpc) is 3.26. The number of hydrogen-bond acceptors (Lipinski definition) is 6. The van der Waals surface area contributed by atoms with Crippen molar-refractivity contribution in [2.75, 3.05) is 20.8 Å². The number of amides is 1. The first-order valence-corrected chi connectivity index (χ1v) is 8.49. The zero-order valence-corrected chi connectivity index (χ0v) is 15.5. The fourth-order valence-corrected chi connectivity index (χ4v) is 2.77. The monoisotopic (exact) mass is 367 g/mol. The van der Waals surface area contributed by atoms with Gasteiger partial charge in [-0.3, -0.25) is 4.79 Å². The quantitative estimate of drug-likeness (QED) is 0.637. The molecular weight excluding hydrogens is 346 g/mol. The van der Waals surface area contributed by atoms with E-state index >= 15 is 0 Å². The summed E-state index contributed by atoms with van der Waals surface area (Å²) in [6.45, 7) is 2.98. The molecule has 2 aromatic carbocycles. The van der Waals surface area contributed by atoms with Gasteiger partial charge in [-0.05, 0) is 53.2 Å². The Hall–Kier alpha value is -3.42. The average molecular weight is 367 g/mol. The maximum absolute atomic E-state index is 13.0. The zero-order chi connectivity index (χ0) is 19.2. The topological polar surface area (TPSA) is 82.4 Å². The number of carbonyl (C=O) groups excluding carboxylic acids is 1. The highest BCUT2D eigenvalue weighted by Crippen LogP contribution is 2.28. The van der Waals surface area contributed by atoms with Gasteiger partial charge in [0.2, 0.25) is 0 Å². The molecule has 0 bridgehead atoms. The van der Waals surface area contributed by atoms with Gasteiger partial charge in [0.05, 0.1) is 19.9 Å². The van der Waals surface area contributed by atoms with Crippen LogP contribution in [0, 0.1) is 0 Å². The highest BCUT2D eigenvalue weighted by atomic mass is 16.5. The highest BCUT2D eigenvalue weighted by molar-refractivity contribution is 5.94. The summed E-state index contributed by atoms with van der Waals surface area (Å²) in [5.41, 5.74) is 2.26. The summed E-state index contributed by atoms with van der Waals surface area (Å²) in [6.07, 6.45) is 1.49. The van der Waals surface area contributed by atoms with Crippen molar-refractivity contribution < 1.29 is 14.3 Å². The number of hydrogen-bond donors (Lipinski definition) is 0. The van der Waals surface area contributed by atoms with E-state index < -0.39 is 0 Å². The second-order valence-corrected chi connectivity index (χ2v) is 5.81. The first-order valence-electron chi connectivity index (χ1n) is 8.49. The van der Waals surface area contributed by atoms with Crippen LogP contribution in [0.4, 0.5) is 0 Å². The molecule has 0 saturated carbocycles. The number of rotatable bonds is 7. The Balaban J connectivity index is 1.81. The summed E-state index contributed by atoms with van der Waals surface area (Å²) in [6, 6.07) is 12.9. The molecule has 0 saturated heterocycles. The lowest BCUT2D eigenvalue weighted by Gasteiger charge is -2.22. The first-order chi connectivity index (χ1) is 13.2. The molecule has 3 rings (SSSR count). The number of benzene rings is 2. The number of nitrogens with zero attached hydrogens (tertiary/aromatic N) is 5. The molecule has 3 aromatic rings. The molecule has 27 heavy (non-hydrogen) atoms. The molecule has 0 N–H and O–H groups in total. The second kappa shape index (κ2) is 8.31. The van der Waals surface area contributed by atoms with Crippen LogP contribution < -0.4 is 9.47 Å². The van der Waals surface area contributed by atoms with Crippen molar-refractivity contribution in [3.8, 4) is 17.2 Å². The van der Waals surface area contributed by atoms with E-state index in [2.05, 4.69) is 15.5 Å². The zero-order valence-electron chi connectivity index (χ0n) is 15.5. The molecule has 8 nitrogen and oxygen atoms in total. The van der Waals surface area contributed by atoms with E-state index in [1.54, 1.807) is 31.3 Å². The van der Waals surface area contributed by atoms with Crippen LogP contribution in [0.25, 0.3) is 5.69 Å². The summed E-state index contributed by atoms with van der Waals surface area (Å²) in [5.74, 6) is 1.23. The Bertz CT molecular complexity index is 911. The van der Waals surface area contributed by atoms with Gasteiger partial charge in [0.1, 0.15) is 6.33 Å². The number of tetrazole rings is 1. The van der Waals surface area contributed by atoms with Crippen molar-refractivity contribution in [1.82, 2.24) is 25.1 Å². The van der Waals surface area contributed by atoms with E-state index in [0.29, 0.717) is 30.2 Å². The SMILES string of the molecule is CCN(Cc1ccc(OC)c(OC)c1)C(=O)c1cccc(-n2cnnn2)c1. The minimum Gasteiger partial charge on any atom is -0.493 e. The minimum absolute atomic E-state index is 0.0674. The lowest BCUT2D eigenvalue weighted by Crippen LogP contribution is -2.30. The van der Waals surface area contributed by atoms with E-state index in [0.717, 1.165) is 11.3 Å². The van der Waals surface area contributed by atoms with E-state index in [-0.39, 0.29) is 5.91 Å². The molecule has 1 heterocycles. The number of methoxy groups -OCH3 is 2. The van der Waals surface area contributed by atoms with E-state index in [1.807, 2.05) is 37.3 Å². The van der Waals surface area contributed by atoms with Gasteiger partial charge in [0, 0.05) is 18.7 Å². The van der Waals surface area contributed by atoms with Gasteiger partial charge in [-0.2, -0.15) is 0 Å². The predicted molar refractivity (Wildman–Crippen MR) is 99.1 cm³/mol. The van der Waals surface area contributed by atoms with Crippen molar-refractivity contribution in [3.63, 3.8) is 0 Å². The third-order valence-electron chi connectivity index (χ3n) is 4.20. The van der Waals surface area contributed by atoms with E-state index in [1.165, 1.54) is 11.0 Å². The molecule has 0 aliphatic rings. The van der Waals surface area contributed by atoms with Gasteiger partial charge in [-0.15, -0.1) is 5.10 Å². The Morgan fingerprint density at radius 2 is 1.93 bits per heavy atom. The molecule has 0 aliphatic carbocycles. The molecule has 0 aliphatic heterocycles. The number of carbonyl (C=O) groups is 1. The van der Waals surface area contributed by atoms with Gasteiger partial charge < -0.3 is 14.4 Å². The van der Waals surface area contributed by atoms with Crippen LogP contribution in [0.1, 0.15) is 22.8 Å². The largest absolute Gasteiger partial charge is 0.493 e. The molecule has 0 radical (unpaired) electrons. The van der Waals surface area contributed by atoms with Crippen LogP contribution >= 0.6 is 0 Å². The Labute approximate surface area is 157 Å². The fourth-order valence-electron chi connectivity index (χ4n) is 2.77. The molecule has 0 fully saturated rings. The number of aromatic nitrogens is 4. The summed E-state index contributed by atoms with van der Waals surface area (Å²) in [4.78, 5) is 14.8. The van der Waals surface area contributed by atoms with Crippen molar-refractivity contribution in [3.05, 3.63) is 59.9 Å². The molecule has 1 amide bonds. The Morgan fingerprint density at radius 1 is 1.11 bits per heavy atom. The van der Waals surface area contributed by atoms with Gasteiger partial charge in [-0.1, -0.05) is 12.1 Å². The molecule has 0 unspecified atom stereocenters. The first kappa shape index (κ1) is 18.4. The van der Waals surface area contributed by atoms with Gasteiger partial charge >= 0.3 is 0 Å². The van der Waals surface area contributed by atoms with Crippen LogP contribution in [0.2, 0.25) is 0 Å². The summed E-state index contributed by atoms with van der Waals surface area (Å²) in [7, 11) is 3.19. The van der Waals surface area contributed by atoms with E-state index in [4.69, 9.17) is 9.47 Å². The van der Waals surface area contributed by atoms with E-state index in [9.17, 15) is 4.79 Å². The van der Waals surface area contributed by atoms with Gasteiger partial charge in [0.25, 0.3) is 5.91 Å². The van der Waals surface area contributed by atoms with Crippen LogP contribution in [0.5, 0.6) is 11.5 Å². The van der Waals surface area contributed by atoms with Crippen LogP contribution in [-0.4, -0.2) is 51.8 Å². The smallest absolute Gasteiger partial charge is 0.254 e. The van der Waals surface area contributed by atoms with Crippen molar-refractivity contribution >= 4 is 5.91 Å². The Kier molecular flexibility index (Phi) is 5.65. The van der Waals surface area contributed by atoms with Crippen LogP contribution in [0.15, 0.2) is 48.8 Å². The van der Waals surface area contributed by atoms with Gasteiger partial charge in [-0.25, -0.2) is 4.68 Å². The molecule has 1 aromatic heterocycles. The lowest BCUT2D eigenvalue weighted by atomic mass is 10.1. The van der Waals surface area contributed by atoms with Crippen molar-refractivity contribution in [2.45, 2.75) is 13.5 Å². The second-order valence-electron chi connectivity index (χ2n) is 5.81. The maximum Gasteiger partial charge on any atom is 0.254 e. The Morgan fingerprint density at radius 3 is 2.59 bits per heavy atom. The minimum atomic E-state index is -0.0674. The third kappa shape index (κ3) is 4.05. The summed E-state index contributed by atoms with van der Waals surface area (Å²) >= 11 is 0. The summed E-state index contributed by atoms with van der Waals surface area (Å²) < 4.78 is 12.1. The van der Waals surface area contributed by atoms with Crippen LogP contribution in [0.3, 0.4) is 0 Å².